The first-order valence-electron chi connectivity index (χ1n) is 10.8. The van der Waals surface area contributed by atoms with Crippen LogP contribution < -0.4 is 0 Å². The third kappa shape index (κ3) is 4.17. The van der Waals surface area contributed by atoms with Crippen molar-refractivity contribution < 1.29 is 17.9 Å². The molecular formula is C23H25N3O4S2. The molecule has 3 heterocycles. The fraction of sp³-hybridized carbons (Fsp3) is 0.391. The van der Waals surface area contributed by atoms with E-state index in [4.69, 9.17) is 9.72 Å². The second-order valence-corrected chi connectivity index (χ2v) is 11.1. The number of benzene rings is 2. The van der Waals surface area contributed by atoms with Crippen LogP contribution in [-0.4, -0.2) is 67.9 Å². The summed E-state index contributed by atoms with van der Waals surface area (Å²) in [5, 5.41) is 1.15. The molecule has 0 unspecified atom stereocenters. The van der Waals surface area contributed by atoms with Crippen LogP contribution in [0.1, 0.15) is 34.1 Å². The smallest absolute Gasteiger partial charge is 0.253 e. The lowest BCUT2D eigenvalue weighted by Gasteiger charge is -2.31. The van der Waals surface area contributed by atoms with Gasteiger partial charge in [0.05, 0.1) is 33.3 Å². The highest BCUT2D eigenvalue weighted by Gasteiger charge is 2.28. The van der Waals surface area contributed by atoms with Gasteiger partial charge >= 0.3 is 0 Å². The zero-order chi connectivity index (χ0) is 22.1. The number of sulfonamides is 1. The molecular weight excluding hydrogens is 446 g/mol. The van der Waals surface area contributed by atoms with Gasteiger partial charge in [0.1, 0.15) is 0 Å². The van der Waals surface area contributed by atoms with Crippen LogP contribution in [0.25, 0.3) is 10.2 Å². The number of hydrogen-bond donors (Lipinski definition) is 0. The first-order chi connectivity index (χ1) is 15.5. The number of hydrogen-bond acceptors (Lipinski definition) is 6. The molecule has 2 aliphatic rings. The number of aromatic nitrogens is 1. The topological polar surface area (TPSA) is 79.8 Å². The first kappa shape index (κ1) is 21.5. The number of carbonyl (C=O) groups excluding carboxylic acids is 1. The molecule has 0 saturated carbocycles. The number of morpholine rings is 1. The van der Waals surface area contributed by atoms with Crippen molar-refractivity contribution in [1.29, 1.82) is 0 Å². The van der Waals surface area contributed by atoms with Gasteiger partial charge in [-0.25, -0.2) is 13.4 Å². The molecule has 32 heavy (non-hydrogen) atoms. The molecule has 0 N–H and O–H groups in total. The van der Waals surface area contributed by atoms with E-state index in [-0.39, 0.29) is 10.8 Å². The number of fused-ring (bicyclic) bond motifs is 1. The SMILES string of the molecule is O=C(c1ccc(S(=O)(=O)N2CCOCC2)cc1)N1CCC(c2nc3ccccc3s2)CC1. The third-order valence-electron chi connectivity index (χ3n) is 6.15. The molecule has 5 rings (SSSR count). The van der Waals surface area contributed by atoms with Gasteiger partial charge in [-0.1, -0.05) is 12.1 Å². The fourth-order valence-corrected chi connectivity index (χ4v) is 6.83. The average molecular weight is 472 g/mol. The molecule has 0 bridgehead atoms. The summed E-state index contributed by atoms with van der Waals surface area (Å²) < 4.78 is 33.4. The van der Waals surface area contributed by atoms with E-state index < -0.39 is 10.0 Å². The van der Waals surface area contributed by atoms with Crippen LogP contribution in [0.15, 0.2) is 53.4 Å². The quantitative estimate of drug-likeness (QED) is 0.583. The van der Waals surface area contributed by atoms with Crippen molar-refractivity contribution in [2.45, 2.75) is 23.7 Å². The summed E-state index contributed by atoms with van der Waals surface area (Å²) >= 11 is 1.74. The number of thiazole rings is 1. The Labute approximate surface area is 191 Å². The van der Waals surface area contributed by atoms with Gasteiger partial charge in [0.25, 0.3) is 5.91 Å². The number of likely N-dealkylation sites (tertiary alicyclic amines) is 1. The first-order valence-corrected chi connectivity index (χ1v) is 13.1. The van der Waals surface area contributed by atoms with E-state index in [1.807, 2.05) is 23.1 Å². The van der Waals surface area contributed by atoms with Gasteiger partial charge in [-0.05, 0) is 49.2 Å². The number of amides is 1. The Morgan fingerprint density at radius 3 is 2.34 bits per heavy atom. The number of nitrogens with zero attached hydrogens (tertiary/aromatic N) is 3. The van der Waals surface area contributed by atoms with Crippen molar-refractivity contribution in [1.82, 2.24) is 14.2 Å². The monoisotopic (exact) mass is 471 g/mol. The van der Waals surface area contributed by atoms with Gasteiger partial charge in [-0.3, -0.25) is 4.79 Å². The molecule has 2 saturated heterocycles. The molecule has 0 atom stereocenters. The van der Waals surface area contributed by atoms with Crippen molar-refractivity contribution >= 4 is 37.5 Å². The highest BCUT2D eigenvalue weighted by Crippen LogP contribution is 2.34. The molecule has 3 aromatic rings. The average Bonchev–Trinajstić information content (AvgIpc) is 3.29. The minimum atomic E-state index is -3.56. The predicted octanol–water partition coefficient (Wildman–Crippen LogP) is 3.34. The second kappa shape index (κ2) is 8.90. The van der Waals surface area contributed by atoms with Gasteiger partial charge in [0.15, 0.2) is 0 Å². The lowest BCUT2D eigenvalue weighted by Crippen LogP contribution is -2.40. The van der Waals surface area contributed by atoms with E-state index in [0.717, 1.165) is 23.4 Å². The van der Waals surface area contributed by atoms with E-state index >= 15 is 0 Å². The summed E-state index contributed by atoms with van der Waals surface area (Å²) in [4.78, 5) is 19.8. The number of ether oxygens (including phenoxy) is 1. The summed E-state index contributed by atoms with van der Waals surface area (Å²) in [6.07, 6.45) is 1.77. The molecule has 168 valence electrons. The minimum absolute atomic E-state index is 0.0527. The summed E-state index contributed by atoms with van der Waals surface area (Å²) in [5.74, 6) is 0.320. The molecule has 1 aromatic heterocycles. The molecule has 2 aromatic carbocycles. The molecule has 0 aliphatic carbocycles. The van der Waals surface area contributed by atoms with Crippen molar-refractivity contribution in [3.63, 3.8) is 0 Å². The van der Waals surface area contributed by atoms with Crippen LogP contribution in [0.3, 0.4) is 0 Å². The Balaban J connectivity index is 1.23. The van der Waals surface area contributed by atoms with Crippen LogP contribution in [0.2, 0.25) is 0 Å². The van der Waals surface area contributed by atoms with Crippen molar-refractivity contribution in [3.8, 4) is 0 Å². The Hall–Kier alpha value is -2.33. The summed E-state index contributed by atoms with van der Waals surface area (Å²) in [6.45, 7) is 2.87. The summed E-state index contributed by atoms with van der Waals surface area (Å²) in [5.41, 5.74) is 1.56. The number of piperidine rings is 1. The summed E-state index contributed by atoms with van der Waals surface area (Å²) in [6, 6.07) is 14.5. The van der Waals surface area contributed by atoms with Gasteiger partial charge in [-0.15, -0.1) is 11.3 Å². The number of carbonyl (C=O) groups is 1. The molecule has 9 heteroatoms. The van der Waals surface area contributed by atoms with E-state index in [9.17, 15) is 13.2 Å². The van der Waals surface area contributed by atoms with Gasteiger partial charge in [-0.2, -0.15) is 4.31 Å². The zero-order valence-electron chi connectivity index (χ0n) is 17.6. The van der Waals surface area contributed by atoms with Crippen LogP contribution >= 0.6 is 11.3 Å². The Kier molecular flexibility index (Phi) is 5.98. The maximum Gasteiger partial charge on any atom is 0.253 e. The van der Waals surface area contributed by atoms with Crippen molar-refractivity contribution in [3.05, 3.63) is 59.1 Å². The molecule has 0 spiro atoms. The summed E-state index contributed by atoms with van der Waals surface area (Å²) in [7, 11) is -3.56. The van der Waals surface area contributed by atoms with Gasteiger partial charge in [0, 0.05) is 37.7 Å². The number of rotatable bonds is 4. The lowest BCUT2D eigenvalue weighted by molar-refractivity contribution is 0.0713. The Bertz CT molecular complexity index is 1180. The fourth-order valence-electron chi connectivity index (χ4n) is 4.28. The molecule has 2 fully saturated rings. The van der Waals surface area contributed by atoms with Gasteiger partial charge in [0.2, 0.25) is 10.0 Å². The highest BCUT2D eigenvalue weighted by molar-refractivity contribution is 7.89. The van der Waals surface area contributed by atoms with Crippen LogP contribution in [0, 0.1) is 0 Å². The third-order valence-corrected chi connectivity index (χ3v) is 9.26. The predicted molar refractivity (Wildman–Crippen MR) is 124 cm³/mol. The Morgan fingerprint density at radius 1 is 0.969 bits per heavy atom. The van der Waals surface area contributed by atoms with Gasteiger partial charge < -0.3 is 9.64 Å². The maximum atomic E-state index is 13.0. The minimum Gasteiger partial charge on any atom is -0.379 e. The van der Waals surface area contributed by atoms with E-state index in [2.05, 4.69) is 6.07 Å². The molecule has 7 nitrogen and oxygen atoms in total. The van der Waals surface area contributed by atoms with Crippen molar-refractivity contribution in [2.75, 3.05) is 39.4 Å². The molecule has 2 aliphatic heterocycles. The van der Waals surface area contributed by atoms with Crippen molar-refractivity contribution in [2.24, 2.45) is 0 Å². The van der Waals surface area contributed by atoms with E-state index in [1.54, 1.807) is 23.5 Å². The van der Waals surface area contributed by atoms with Crippen LogP contribution in [0.5, 0.6) is 0 Å². The molecule has 1 amide bonds. The second-order valence-electron chi connectivity index (χ2n) is 8.13. The number of para-hydroxylation sites is 1. The van der Waals surface area contributed by atoms with E-state index in [0.29, 0.717) is 50.9 Å². The van der Waals surface area contributed by atoms with Crippen LogP contribution in [-0.2, 0) is 14.8 Å². The Morgan fingerprint density at radius 2 is 1.66 bits per heavy atom. The van der Waals surface area contributed by atoms with Crippen LogP contribution in [0.4, 0.5) is 0 Å². The van der Waals surface area contributed by atoms with E-state index in [1.165, 1.54) is 21.1 Å². The standard InChI is InChI=1S/C23H25N3O4S2/c27-23(18-5-7-19(8-6-18)32(28,29)26-13-15-30-16-14-26)25-11-9-17(10-12-25)22-24-20-3-1-2-4-21(20)31-22/h1-8,17H,9-16H2. The molecule has 0 radical (unpaired) electrons. The highest BCUT2D eigenvalue weighted by atomic mass is 32.2. The lowest BCUT2D eigenvalue weighted by atomic mass is 9.97. The zero-order valence-corrected chi connectivity index (χ0v) is 19.3. The normalized spacial score (nSPS) is 18.8. The maximum absolute atomic E-state index is 13.0. The largest absolute Gasteiger partial charge is 0.379 e.